The van der Waals surface area contributed by atoms with Crippen LogP contribution in [0.2, 0.25) is 0 Å². The molecule has 2 aromatic carbocycles. The zero-order valence-electron chi connectivity index (χ0n) is 17.6. The summed E-state index contributed by atoms with van der Waals surface area (Å²) in [7, 11) is 0. The molecule has 0 aliphatic carbocycles. The molecule has 0 fully saturated rings. The lowest BCUT2D eigenvalue weighted by Gasteiger charge is -2.22. The monoisotopic (exact) mass is 391 g/mol. The topological polar surface area (TPSA) is 42.7 Å². The van der Waals surface area contributed by atoms with Gasteiger partial charge in [0.05, 0.1) is 12.8 Å². The van der Waals surface area contributed by atoms with Crippen LogP contribution < -0.4 is 4.74 Å². The smallest absolute Gasteiger partial charge is 0.261 e. The van der Waals surface area contributed by atoms with Crippen molar-refractivity contribution < 1.29 is 13.9 Å². The second-order valence-electron chi connectivity index (χ2n) is 7.84. The number of hydrogen-bond donors (Lipinski definition) is 0. The van der Waals surface area contributed by atoms with Gasteiger partial charge in [0.2, 0.25) is 0 Å². The first-order valence-corrected chi connectivity index (χ1v) is 10.0. The van der Waals surface area contributed by atoms with E-state index < -0.39 is 0 Å². The third kappa shape index (κ3) is 5.98. The normalized spacial score (nSPS) is 10.9. The Morgan fingerprint density at radius 1 is 1.00 bits per heavy atom. The summed E-state index contributed by atoms with van der Waals surface area (Å²) >= 11 is 0. The maximum atomic E-state index is 13.0. The molecule has 1 heterocycles. The number of ether oxygens (including phenoxy) is 1. The lowest BCUT2D eigenvalue weighted by atomic mass is 10.0. The van der Waals surface area contributed by atoms with Crippen LogP contribution in [-0.2, 0) is 17.9 Å². The van der Waals surface area contributed by atoms with Gasteiger partial charge in [0.15, 0.2) is 6.61 Å². The molecule has 0 N–H and O–H groups in total. The Hall–Kier alpha value is -3.01. The molecular formula is C25H29NO3. The molecule has 0 saturated heterocycles. The Kier molecular flexibility index (Phi) is 6.76. The fourth-order valence-electron chi connectivity index (χ4n) is 3.30. The van der Waals surface area contributed by atoms with Crippen LogP contribution in [0.3, 0.4) is 0 Å². The number of carbonyl (C=O) groups is 1. The minimum absolute atomic E-state index is 0.00627. The van der Waals surface area contributed by atoms with Gasteiger partial charge in [0.1, 0.15) is 11.5 Å². The predicted octanol–water partition coefficient (Wildman–Crippen LogP) is 5.63. The summed E-state index contributed by atoms with van der Waals surface area (Å²) in [5.74, 6) is 1.88. The SMILES string of the molecule is Cc1cc(C)cc(OCC(=O)N(Cc2ccc(C(C)C)cc2)Cc2ccco2)c1. The second-order valence-corrected chi connectivity index (χ2v) is 7.84. The van der Waals surface area contributed by atoms with E-state index in [1.165, 1.54) is 5.56 Å². The summed E-state index contributed by atoms with van der Waals surface area (Å²) < 4.78 is 11.3. The number of benzene rings is 2. The third-order valence-electron chi connectivity index (χ3n) is 4.86. The molecule has 1 aromatic heterocycles. The summed E-state index contributed by atoms with van der Waals surface area (Å²) in [5, 5.41) is 0. The Labute approximate surface area is 173 Å². The van der Waals surface area contributed by atoms with Gasteiger partial charge in [0.25, 0.3) is 5.91 Å². The number of aryl methyl sites for hydroxylation is 2. The predicted molar refractivity (Wildman–Crippen MR) is 115 cm³/mol. The van der Waals surface area contributed by atoms with Gasteiger partial charge in [-0.2, -0.15) is 0 Å². The van der Waals surface area contributed by atoms with E-state index in [0.717, 1.165) is 28.2 Å². The van der Waals surface area contributed by atoms with E-state index >= 15 is 0 Å². The number of furan rings is 1. The lowest BCUT2D eigenvalue weighted by molar-refractivity contribution is -0.134. The van der Waals surface area contributed by atoms with Crippen molar-refractivity contribution in [1.29, 1.82) is 0 Å². The summed E-state index contributed by atoms with van der Waals surface area (Å²) in [6.07, 6.45) is 1.63. The Balaban J connectivity index is 1.70. The van der Waals surface area contributed by atoms with E-state index in [1.807, 2.05) is 38.1 Å². The van der Waals surface area contributed by atoms with E-state index in [1.54, 1.807) is 11.2 Å². The molecule has 29 heavy (non-hydrogen) atoms. The first-order chi connectivity index (χ1) is 13.9. The average Bonchev–Trinajstić information content (AvgIpc) is 3.18. The van der Waals surface area contributed by atoms with Crippen molar-refractivity contribution in [3.05, 3.63) is 88.9 Å². The van der Waals surface area contributed by atoms with Gasteiger partial charge in [-0.15, -0.1) is 0 Å². The van der Waals surface area contributed by atoms with Crippen LogP contribution in [0.25, 0.3) is 0 Å². The second kappa shape index (κ2) is 9.46. The first-order valence-electron chi connectivity index (χ1n) is 10.0. The van der Waals surface area contributed by atoms with Gasteiger partial charge in [-0.05, 0) is 66.3 Å². The molecular weight excluding hydrogens is 362 g/mol. The Bertz CT molecular complexity index is 907. The molecule has 0 unspecified atom stereocenters. The van der Waals surface area contributed by atoms with Crippen molar-refractivity contribution in [2.24, 2.45) is 0 Å². The zero-order chi connectivity index (χ0) is 20.8. The number of carbonyl (C=O) groups excluding carboxylic acids is 1. The van der Waals surface area contributed by atoms with Crippen LogP contribution in [0.4, 0.5) is 0 Å². The highest BCUT2D eigenvalue weighted by Crippen LogP contribution is 2.19. The third-order valence-corrected chi connectivity index (χ3v) is 4.86. The van der Waals surface area contributed by atoms with Crippen LogP contribution in [0.1, 0.15) is 47.8 Å². The van der Waals surface area contributed by atoms with Crippen molar-refractivity contribution in [3.63, 3.8) is 0 Å². The van der Waals surface area contributed by atoms with Crippen LogP contribution in [0, 0.1) is 13.8 Å². The van der Waals surface area contributed by atoms with Gasteiger partial charge in [-0.1, -0.05) is 44.2 Å². The molecule has 4 nitrogen and oxygen atoms in total. The van der Waals surface area contributed by atoms with E-state index in [2.05, 4.69) is 44.2 Å². The van der Waals surface area contributed by atoms with Crippen LogP contribution in [0.5, 0.6) is 5.75 Å². The fourth-order valence-corrected chi connectivity index (χ4v) is 3.30. The van der Waals surface area contributed by atoms with E-state index in [-0.39, 0.29) is 12.5 Å². The van der Waals surface area contributed by atoms with Crippen LogP contribution >= 0.6 is 0 Å². The number of nitrogens with zero attached hydrogens (tertiary/aromatic N) is 1. The summed E-state index contributed by atoms with van der Waals surface area (Å²) in [6, 6.07) is 18.1. The van der Waals surface area contributed by atoms with Crippen molar-refractivity contribution in [2.75, 3.05) is 6.61 Å². The Morgan fingerprint density at radius 3 is 2.28 bits per heavy atom. The minimum atomic E-state index is -0.0755. The van der Waals surface area contributed by atoms with E-state index in [9.17, 15) is 4.79 Å². The number of rotatable bonds is 8. The largest absolute Gasteiger partial charge is 0.484 e. The molecule has 0 saturated carbocycles. The quantitative estimate of drug-likeness (QED) is 0.500. The van der Waals surface area contributed by atoms with Gasteiger partial charge in [0, 0.05) is 6.54 Å². The maximum absolute atomic E-state index is 13.0. The molecule has 0 atom stereocenters. The van der Waals surface area contributed by atoms with Crippen LogP contribution in [0.15, 0.2) is 65.3 Å². The average molecular weight is 392 g/mol. The van der Waals surface area contributed by atoms with Gasteiger partial charge < -0.3 is 14.1 Å². The highest BCUT2D eigenvalue weighted by molar-refractivity contribution is 5.77. The number of amides is 1. The molecule has 0 radical (unpaired) electrons. The van der Waals surface area contributed by atoms with Crippen molar-refractivity contribution >= 4 is 5.91 Å². The van der Waals surface area contributed by atoms with Crippen molar-refractivity contribution in [2.45, 2.75) is 46.7 Å². The summed E-state index contributed by atoms with van der Waals surface area (Å²) in [5.41, 5.74) is 4.60. The van der Waals surface area contributed by atoms with Crippen molar-refractivity contribution in [1.82, 2.24) is 4.90 Å². The van der Waals surface area contributed by atoms with Crippen molar-refractivity contribution in [3.8, 4) is 5.75 Å². The maximum Gasteiger partial charge on any atom is 0.261 e. The molecule has 0 spiro atoms. The molecule has 0 bridgehead atoms. The first kappa shape index (κ1) is 20.7. The zero-order valence-corrected chi connectivity index (χ0v) is 17.6. The fraction of sp³-hybridized carbons (Fsp3) is 0.320. The number of hydrogen-bond acceptors (Lipinski definition) is 3. The minimum Gasteiger partial charge on any atom is -0.484 e. The summed E-state index contributed by atoms with van der Waals surface area (Å²) in [4.78, 5) is 14.7. The molecule has 4 heteroatoms. The van der Waals surface area contributed by atoms with E-state index in [0.29, 0.717) is 19.0 Å². The van der Waals surface area contributed by atoms with Crippen LogP contribution in [-0.4, -0.2) is 17.4 Å². The van der Waals surface area contributed by atoms with Gasteiger partial charge in [-0.3, -0.25) is 4.79 Å². The molecule has 3 rings (SSSR count). The van der Waals surface area contributed by atoms with E-state index in [4.69, 9.17) is 9.15 Å². The molecule has 1 amide bonds. The van der Waals surface area contributed by atoms with Gasteiger partial charge in [-0.25, -0.2) is 0 Å². The molecule has 3 aromatic rings. The molecule has 0 aliphatic heterocycles. The standard InChI is InChI=1S/C25H29NO3/c1-18(2)22-9-7-21(8-10-22)15-26(16-23-6-5-11-28-23)25(27)17-29-24-13-19(3)12-20(4)14-24/h5-14,18H,15-17H2,1-4H3. The Morgan fingerprint density at radius 2 is 1.69 bits per heavy atom. The van der Waals surface area contributed by atoms with Gasteiger partial charge >= 0.3 is 0 Å². The molecule has 0 aliphatic rings. The molecule has 152 valence electrons. The highest BCUT2D eigenvalue weighted by atomic mass is 16.5. The lowest BCUT2D eigenvalue weighted by Crippen LogP contribution is -2.34. The summed E-state index contributed by atoms with van der Waals surface area (Å²) in [6.45, 7) is 9.30. The highest BCUT2D eigenvalue weighted by Gasteiger charge is 2.17.